The summed E-state index contributed by atoms with van der Waals surface area (Å²) in [5.41, 5.74) is 3.22. The number of rotatable bonds is 12. The molecule has 1 aliphatic carbocycles. The molecular weight excluding hydrogens is 785 g/mol. The van der Waals surface area contributed by atoms with Gasteiger partial charge in [0.05, 0.1) is 43.1 Å². The number of nitrogens with one attached hydrogen (secondary N) is 1. The third-order valence-corrected chi connectivity index (χ3v) is 13.8. The van der Waals surface area contributed by atoms with Crippen molar-refractivity contribution in [2.24, 2.45) is 17.8 Å². The van der Waals surface area contributed by atoms with Crippen LogP contribution in [0.5, 0.6) is 17.2 Å². The Kier molecular flexibility index (Phi) is 12.7. The zero-order valence-electron chi connectivity index (χ0n) is 35.3. The highest BCUT2D eigenvalue weighted by Crippen LogP contribution is 2.57. The lowest BCUT2D eigenvalue weighted by atomic mass is 9.70. The average molecular weight is 843 g/mol. The molecule has 14 nitrogen and oxygen atoms in total. The lowest BCUT2D eigenvalue weighted by Gasteiger charge is -2.42. The van der Waals surface area contributed by atoms with E-state index in [1.54, 1.807) is 21.0 Å². The number of aryl methyl sites for hydroxylation is 1. The van der Waals surface area contributed by atoms with Gasteiger partial charge < -0.3 is 54.0 Å². The van der Waals surface area contributed by atoms with E-state index in [-0.39, 0.29) is 90.8 Å². The van der Waals surface area contributed by atoms with Gasteiger partial charge in [-0.3, -0.25) is 9.59 Å². The number of aliphatic hydroxyl groups excluding tert-OH is 3. The highest BCUT2D eigenvalue weighted by Gasteiger charge is 2.49. The van der Waals surface area contributed by atoms with Crippen molar-refractivity contribution in [1.29, 1.82) is 0 Å². The molecule has 2 bridgehead atoms. The van der Waals surface area contributed by atoms with E-state index < -0.39 is 42.7 Å². The van der Waals surface area contributed by atoms with Crippen molar-refractivity contribution in [2.75, 3.05) is 59.8 Å². The van der Waals surface area contributed by atoms with Crippen molar-refractivity contribution in [3.05, 3.63) is 69.1 Å². The predicted molar refractivity (Wildman–Crippen MR) is 224 cm³/mol. The standard InChI is InChI=1S/C47H58N2O12/c1-4-58-46(55)45-35(23-52)39-29-16-30(22-51)41(54)33(18-29)32-17-28-8-11-48-37(28)19-27(32)7-6-26(21-50)25-59-43-34-20-38(60-42(34)36(24-53)44(61-45)40(39)43)47(2,56)31-9-13-49(14-10-31)12-5-15-57-3/h8,11,17,19,23,26,30-31,33,38,48,50-51,53,56H,4-7,9-10,12-16,18,20-22,24-25H2,1-3H3/b39-29-/t26-,30+,33+,38-,47+/m0/s1. The van der Waals surface area contributed by atoms with Crippen molar-refractivity contribution >= 4 is 34.5 Å². The Morgan fingerprint density at radius 1 is 1.07 bits per heavy atom. The Morgan fingerprint density at radius 2 is 1.87 bits per heavy atom. The predicted octanol–water partition coefficient (Wildman–Crippen LogP) is 4.31. The molecule has 0 spiro atoms. The number of ketones is 1. The number of benzene rings is 2. The zero-order valence-corrected chi connectivity index (χ0v) is 35.3. The van der Waals surface area contributed by atoms with Gasteiger partial charge in [-0.15, -0.1) is 0 Å². The normalized spacial score (nSPS) is 25.5. The summed E-state index contributed by atoms with van der Waals surface area (Å²) in [7, 11) is 1.70. The number of carbonyl (C=O) groups is 3. The molecule has 5 atom stereocenters. The molecule has 8 rings (SSSR count). The fraction of sp³-hybridized carbons (Fsp3) is 0.553. The number of nitrogens with zero attached hydrogens (tertiary/aromatic N) is 1. The van der Waals surface area contributed by atoms with Crippen LogP contribution in [0.25, 0.3) is 16.5 Å². The molecule has 3 aromatic rings. The second-order valence-corrected chi connectivity index (χ2v) is 17.4. The summed E-state index contributed by atoms with van der Waals surface area (Å²) in [5.74, 6) is -2.84. The highest BCUT2D eigenvalue weighted by molar-refractivity contribution is 6.11. The molecule has 0 amide bonds. The van der Waals surface area contributed by atoms with Crippen LogP contribution in [0.3, 0.4) is 0 Å². The summed E-state index contributed by atoms with van der Waals surface area (Å²) < 4.78 is 30.7. The number of fused-ring (bicyclic) bond motifs is 7. The number of methoxy groups -OCH3 is 1. The maximum atomic E-state index is 14.4. The first-order valence-electron chi connectivity index (χ1n) is 21.7. The summed E-state index contributed by atoms with van der Waals surface area (Å²) in [4.78, 5) is 47.3. The van der Waals surface area contributed by atoms with E-state index in [1.165, 1.54) is 0 Å². The van der Waals surface area contributed by atoms with Gasteiger partial charge in [-0.1, -0.05) is 5.57 Å². The summed E-state index contributed by atoms with van der Waals surface area (Å²) >= 11 is 0. The van der Waals surface area contributed by atoms with Crippen molar-refractivity contribution in [3.8, 4) is 17.2 Å². The van der Waals surface area contributed by atoms with Crippen LogP contribution in [0.1, 0.15) is 86.1 Å². The minimum Gasteiger partial charge on any atom is -0.492 e. The molecule has 2 aromatic carbocycles. The van der Waals surface area contributed by atoms with Gasteiger partial charge >= 0.3 is 5.97 Å². The number of aromatic amines is 1. The number of carbonyl (C=O) groups excluding carboxylic acids is 3. The van der Waals surface area contributed by atoms with Crippen LogP contribution in [-0.4, -0.2) is 120 Å². The van der Waals surface area contributed by atoms with Gasteiger partial charge in [0.1, 0.15) is 34.7 Å². The topological polar surface area (TPSA) is 197 Å². The van der Waals surface area contributed by atoms with Crippen LogP contribution in [0.15, 0.2) is 41.3 Å². The van der Waals surface area contributed by atoms with Crippen LogP contribution in [0.4, 0.5) is 0 Å². The molecule has 61 heavy (non-hydrogen) atoms. The van der Waals surface area contributed by atoms with Crippen molar-refractivity contribution in [2.45, 2.75) is 89.4 Å². The van der Waals surface area contributed by atoms with E-state index in [0.29, 0.717) is 48.0 Å². The summed E-state index contributed by atoms with van der Waals surface area (Å²) in [6, 6.07) is 5.98. The molecular formula is C47H58N2O12. The van der Waals surface area contributed by atoms with E-state index in [4.69, 9.17) is 23.7 Å². The highest BCUT2D eigenvalue weighted by atomic mass is 16.6. The van der Waals surface area contributed by atoms with Crippen molar-refractivity contribution in [3.63, 3.8) is 0 Å². The lowest BCUT2D eigenvalue weighted by molar-refractivity contribution is -0.141. The lowest BCUT2D eigenvalue weighted by Crippen LogP contribution is -2.52. The minimum absolute atomic E-state index is 0.00985. The van der Waals surface area contributed by atoms with Gasteiger partial charge in [0.15, 0.2) is 6.29 Å². The van der Waals surface area contributed by atoms with Gasteiger partial charge in [-0.2, -0.15) is 0 Å². The van der Waals surface area contributed by atoms with Crippen molar-refractivity contribution in [1.82, 2.24) is 9.88 Å². The quantitative estimate of drug-likeness (QED) is 0.0984. The second kappa shape index (κ2) is 18.0. The Morgan fingerprint density at radius 3 is 2.57 bits per heavy atom. The number of aldehydes is 1. The van der Waals surface area contributed by atoms with E-state index in [2.05, 4.69) is 9.88 Å². The Hall–Kier alpha value is -4.57. The number of aromatic nitrogens is 1. The largest absolute Gasteiger partial charge is 0.492 e. The second-order valence-electron chi connectivity index (χ2n) is 17.4. The first-order valence-corrected chi connectivity index (χ1v) is 21.7. The number of hydrogen-bond donors (Lipinski definition) is 5. The molecule has 14 heteroatoms. The van der Waals surface area contributed by atoms with E-state index in [0.717, 1.165) is 60.9 Å². The van der Waals surface area contributed by atoms with E-state index in [1.807, 2.05) is 24.4 Å². The fourth-order valence-corrected chi connectivity index (χ4v) is 10.4. The smallest absolute Gasteiger partial charge is 0.375 e. The Balaban J connectivity index is 1.31. The molecule has 5 aliphatic rings. The molecule has 1 saturated carbocycles. The van der Waals surface area contributed by atoms with E-state index in [9.17, 15) is 34.8 Å². The van der Waals surface area contributed by atoms with Crippen LogP contribution in [0.2, 0.25) is 0 Å². The number of allylic oxidation sites excluding steroid dienone is 3. The van der Waals surface area contributed by atoms with E-state index >= 15 is 0 Å². The first kappa shape index (κ1) is 43.1. The number of H-pyrrole nitrogens is 1. The van der Waals surface area contributed by atoms with Crippen molar-refractivity contribution < 1.29 is 58.5 Å². The molecule has 5 N–H and O–H groups in total. The number of likely N-dealkylation sites (tertiary alicyclic amines) is 1. The van der Waals surface area contributed by atoms with Gasteiger partial charge in [0, 0.05) is 73.9 Å². The molecule has 0 unspecified atom stereocenters. The molecule has 328 valence electrons. The maximum absolute atomic E-state index is 14.4. The van der Waals surface area contributed by atoms with Crippen LogP contribution in [0, 0.1) is 17.8 Å². The molecule has 1 saturated heterocycles. The molecule has 5 heterocycles. The molecule has 0 radical (unpaired) electrons. The minimum atomic E-state index is -1.31. The molecule has 1 aromatic heterocycles. The van der Waals surface area contributed by atoms with Gasteiger partial charge in [0.2, 0.25) is 5.76 Å². The van der Waals surface area contributed by atoms with Crippen LogP contribution in [-0.2, 0) is 43.3 Å². The third kappa shape index (κ3) is 7.91. The number of Topliss-reactive ketones (excluding diaryl/α,β-unsaturated/α-hetero) is 1. The summed E-state index contributed by atoms with van der Waals surface area (Å²) in [6.07, 6.45) is 5.52. The SMILES string of the molecule is CCOC(=O)C1=C(C=O)/C2=C3\C[C@H](CO)C(=O)[C@H](C3)c3cc4cc[nH]c4cc3CC[C@@H](CO)COc3c4c(c(CO)c(c32)O1)O[C@H]([C@](C)(O)C1CCN(CCCOC)CC1)C4. The van der Waals surface area contributed by atoms with Gasteiger partial charge in [-0.25, -0.2) is 4.79 Å². The number of piperidine rings is 1. The molecule has 4 aliphatic heterocycles. The zero-order chi connectivity index (χ0) is 43.0. The Labute approximate surface area is 355 Å². The summed E-state index contributed by atoms with van der Waals surface area (Å²) in [6.45, 7) is 5.47. The number of esters is 1. The third-order valence-electron chi connectivity index (χ3n) is 13.8. The van der Waals surface area contributed by atoms with Crippen LogP contribution < -0.4 is 14.2 Å². The van der Waals surface area contributed by atoms with Crippen LogP contribution >= 0.6 is 0 Å². The number of aliphatic hydroxyl groups is 4. The molecule has 2 fully saturated rings. The first-order chi connectivity index (χ1) is 29.6. The van der Waals surface area contributed by atoms with Gasteiger partial charge in [-0.05, 0) is 113 Å². The average Bonchev–Trinajstić information content (AvgIpc) is 3.93. The number of hydrogen-bond acceptors (Lipinski definition) is 13. The summed E-state index contributed by atoms with van der Waals surface area (Å²) in [5, 5.41) is 46.1. The number of ether oxygens (including phenoxy) is 5. The fourth-order valence-electron chi connectivity index (χ4n) is 10.4. The monoisotopic (exact) mass is 842 g/mol. The Bertz CT molecular complexity index is 2230. The maximum Gasteiger partial charge on any atom is 0.375 e. The van der Waals surface area contributed by atoms with Gasteiger partial charge in [0.25, 0.3) is 0 Å².